The summed E-state index contributed by atoms with van der Waals surface area (Å²) in [5, 5.41) is 67.2. The molecule has 5 N–H and O–H groups in total. The van der Waals surface area contributed by atoms with Crippen molar-refractivity contribution in [2.45, 2.75) is 179 Å². The highest BCUT2D eigenvalue weighted by atomic mass is 16.7. The van der Waals surface area contributed by atoms with Crippen molar-refractivity contribution in [3.05, 3.63) is 0 Å². The molecule has 15 nitrogen and oxygen atoms in total. The van der Waals surface area contributed by atoms with Crippen LogP contribution in [-0.2, 0) is 38.0 Å². The molecule has 3 aliphatic rings. The number of nitrogens with zero attached hydrogens (tertiary/aromatic N) is 2. The number of hydrogen-bond acceptors (Lipinski definition) is 15. The highest BCUT2D eigenvalue weighted by Gasteiger charge is 2.53. The van der Waals surface area contributed by atoms with Gasteiger partial charge in [-0.15, -0.1) is 0 Å². The second-order valence-corrected chi connectivity index (χ2v) is 16.6. The molecule has 0 aliphatic carbocycles. The summed E-state index contributed by atoms with van der Waals surface area (Å²) in [5.74, 6) is -5.19. The fourth-order valence-electron chi connectivity index (χ4n) is 8.56. The predicted molar refractivity (Wildman–Crippen MR) is 191 cm³/mol. The third-order valence-corrected chi connectivity index (χ3v) is 12.0. The van der Waals surface area contributed by atoms with Crippen molar-refractivity contribution in [3.63, 3.8) is 0 Å². The molecule has 3 saturated heterocycles. The highest BCUT2D eigenvalue weighted by molar-refractivity contribution is 5.83. The lowest BCUT2D eigenvalue weighted by atomic mass is 9.74. The molecule has 0 aromatic rings. The predicted octanol–water partition coefficient (Wildman–Crippen LogP) is 1.68. The maximum atomic E-state index is 14.1. The van der Waals surface area contributed by atoms with Gasteiger partial charge in [-0.1, -0.05) is 27.7 Å². The van der Waals surface area contributed by atoms with Gasteiger partial charge in [-0.25, -0.2) is 0 Å². The van der Waals surface area contributed by atoms with E-state index in [9.17, 15) is 40.4 Å². The number of ether oxygens (including phenoxy) is 6. The Kier molecular flexibility index (Phi) is 15.5. The summed E-state index contributed by atoms with van der Waals surface area (Å²) in [6.45, 7) is 16.1. The molecule has 0 unspecified atom stereocenters. The number of aliphatic hydroxyl groups excluding tert-OH is 3. The molecule has 0 aromatic heterocycles. The molecule has 18 atom stereocenters. The summed E-state index contributed by atoms with van der Waals surface area (Å²) in [5.41, 5.74) is -4.94. The van der Waals surface area contributed by atoms with Gasteiger partial charge in [0.25, 0.3) is 0 Å². The van der Waals surface area contributed by atoms with Crippen molar-refractivity contribution < 1.29 is 63.5 Å². The molecule has 306 valence electrons. The van der Waals surface area contributed by atoms with Crippen LogP contribution in [0.2, 0.25) is 0 Å². The first-order chi connectivity index (χ1) is 24.5. The van der Waals surface area contributed by atoms with Crippen LogP contribution in [0.5, 0.6) is 0 Å². The summed E-state index contributed by atoms with van der Waals surface area (Å²) < 4.78 is 37.0. The van der Waals surface area contributed by atoms with Crippen molar-refractivity contribution in [2.24, 2.45) is 23.7 Å². The largest absolute Gasteiger partial charge is 0.459 e. The van der Waals surface area contributed by atoms with Crippen LogP contribution in [0.25, 0.3) is 0 Å². The van der Waals surface area contributed by atoms with Gasteiger partial charge < -0.3 is 54.0 Å². The summed E-state index contributed by atoms with van der Waals surface area (Å²) in [7, 11) is 3.18. The molecule has 0 bridgehead atoms. The minimum absolute atomic E-state index is 0.0401. The van der Waals surface area contributed by atoms with Crippen molar-refractivity contribution in [1.82, 2.24) is 4.90 Å². The zero-order valence-electron chi connectivity index (χ0n) is 33.6. The Morgan fingerprint density at radius 1 is 0.943 bits per heavy atom. The molecule has 0 saturated carbocycles. The second-order valence-electron chi connectivity index (χ2n) is 16.6. The standard InChI is InChI=1S/C38H66N2O13/c1-13-26-38(10,47)31(43)21(4)28(41)19(2)17-36(8,46)33(53-35-29(42)25(16-20(3)49-35)40(11)15-14-39)22(5)30(23(6)34(45)51-26)52-27-18-37(9,48-12)32(44)24(7)50-27/h19-27,29-33,35,42-44,46-47H,13,15-18H2,1-12H3/t19-,20-,21+,22+,23-,24+,25+,26-,27+,29-,30+,31-,32+,33-,35+,36-,37-,38-/m1/s1. The summed E-state index contributed by atoms with van der Waals surface area (Å²) >= 11 is 0. The van der Waals surface area contributed by atoms with Crippen LogP contribution >= 0.6 is 0 Å². The number of hydrogen-bond donors (Lipinski definition) is 5. The zero-order chi connectivity index (χ0) is 40.4. The summed E-state index contributed by atoms with van der Waals surface area (Å²) in [6.07, 6.45) is -10.5. The number of carbonyl (C=O) groups is 2. The zero-order valence-corrected chi connectivity index (χ0v) is 33.6. The highest BCUT2D eigenvalue weighted by Crippen LogP contribution is 2.40. The van der Waals surface area contributed by atoms with Crippen LogP contribution in [-0.4, -0.2) is 147 Å². The minimum Gasteiger partial charge on any atom is -0.459 e. The minimum atomic E-state index is -2.02. The van der Waals surface area contributed by atoms with E-state index < -0.39 is 120 Å². The van der Waals surface area contributed by atoms with Crippen molar-refractivity contribution in [3.8, 4) is 6.07 Å². The number of cyclic esters (lactones) is 1. The van der Waals surface area contributed by atoms with E-state index in [1.165, 1.54) is 27.9 Å². The fourth-order valence-corrected chi connectivity index (χ4v) is 8.56. The number of Topliss-reactive ketones (excluding diaryl/α,β-unsaturated/α-hetero) is 1. The van der Waals surface area contributed by atoms with Crippen molar-refractivity contribution in [2.75, 3.05) is 20.7 Å². The number of aliphatic hydroxyl groups is 5. The molecule has 3 fully saturated rings. The van der Waals surface area contributed by atoms with Crippen molar-refractivity contribution in [1.29, 1.82) is 5.26 Å². The third kappa shape index (κ3) is 9.96. The maximum Gasteiger partial charge on any atom is 0.311 e. The Balaban J connectivity index is 2.19. The molecule has 0 radical (unpaired) electrons. The molecule has 3 aliphatic heterocycles. The average molecular weight is 759 g/mol. The Morgan fingerprint density at radius 2 is 1.57 bits per heavy atom. The van der Waals surface area contributed by atoms with E-state index in [1.807, 2.05) is 6.92 Å². The average Bonchev–Trinajstić information content (AvgIpc) is 3.09. The van der Waals surface area contributed by atoms with E-state index >= 15 is 0 Å². The molecule has 3 rings (SSSR count). The molecular weight excluding hydrogens is 692 g/mol. The Labute approximate surface area is 314 Å². The van der Waals surface area contributed by atoms with Gasteiger partial charge in [0.1, 0.15) is 29.7 Å². The summed E-state index contributed by atoms with van der Waals surface area (Å²) in [4.78, 5) is 29.6. The number of likely N-dealkylation sites (N-methyl/N-ethyl adjacent to an activating group) is 1. The normalized spacial score (nSPS) is 48.1. The smallest absolute Gasteiger partial charge is 0.311 e. The van der Waals surface area contributed by atoms with Crippen LogP contribution in [0.15, 0.2) is 0 Å². The number of ketones is 1. The Morgan fingerprint density at radius 3 is 2.13 bits per heavy atom. The molecular formula is C38H66N2O13. The van der Waals surface area contributed by atoms with Crippen LogP contribution < -0.4 is 0 Å². The maximum absolute atomic E-state index is 14.1. The number of rotatable bonds is 8. The first-order valence-electron chi connectivity index (χ1n) is 18.9. The Hall–Kier alpha value is -1.81. The number of esters is 1. The molecule has 15 heteroatoms. The first-order valence-corrected chi connectivity index (χ1v) is 18.9. The van der Waals surface area contributed by atoms with Crippen LogP contribution in [0.4, 0.5) is 0 Å². The van der Waals surface area contributed by atoms with E-state index in [0.29, 0.717) is 6.42 Å². The second kappa shape index (κ2) is 18.0. The topological polar surface area (TPSA) is 218 Å². The van der Waals surface area contributed by atoms with Crippen LogP contribution in [0.1, 0.15) is 94.9 Å². The fraction of sp³-hybridized carbons (Fsp3) is 0.921. The van der Waals surface area contributed by atoms with E-state index in [2.05, 4.69) is 6.07 Å². The molecule has 53 heavy (non-hydrogen) atoms. The number of carbonyl (C=O) groups excluding carboxylic acids is 2. The van der Waals surface area contributed by atoms with Crippen molar-refractivity contribution >= 4 is 11.8 Å². The van der Waals surface area contributed by atoms with Gasteiger partial charge in [0.15, 0.2) is 12.6 Å². The third-order valence-electron chi connectivity index (χ3n) is 12.0. The molecule has 0 spiro atoms. The molecule has 0 aromatic carbocycles. The monoisotopic (exact) mass is 758 g/mol. The van der Waals surface area contributed by atoms with E-state index in [1.54, 1.807) is 53.5 Å². The van der Waals surface area contributed by atoms with Gasteiger partial charge in [-0.05, 0) is 67.9 Å². The van der Waals surface area contributed by atoms with Gasteiger partial charge in [0.05, 0.1) is 60.3 Å². The lowest BCUT2D eigenvalue weighted by molar-refractivity contribution is -0.318. The van der Waals surface area contributed by atoms with Gasteiger partial charge in [-0.3, -0.25) is 14.5 Å². The number of nitriles is 1. The molecule has 3 heterocycles. The van der Waals surface area contributed by atoms with Gasteiger partial charge in [0, 0.05) is 37.3 Å². The van der Waals surface area contributed by atoms with Gasteiger partial charge >= 0.3 is 5.97 Å². The molecule has 0 amide bonds. The summed E-state index contributed by atoms with van der Waals surface area (Å²) in [6, 6.07) is 1.57. The van der Waals surface area contributed by atoms with Crippen LogP contribution in [0.3, 0.4) is 0 Å². The van der Waals surface area contributed by atoms with Crippen LogP contribution in [0, 0.1) is 35.0 Å². The van der Waals surface area contributed by atoms with E-state index in [-0.39, 0.29) is 25.8 Å². The first kappa shape index (κ1) is 45.6. The van der Waals surface area contributed by atoms with E-state index in [4.69, 9.17) is 28.4 Å². The lowest BCUT2D eigenvalue weighted by Gasteiger charge is -2.49. The Bertz CT molecular complexity index is 1280. The van der Waals surface area contributed by atoms with Gasteiger partial charge in [-0.2, -0.15) is 5.26 Å². The SMILES string of the molecule is CC[C@H]1OC(=O)[C@H](C)[C@@H](O[C@H]2C[C@@](C)(OC)[C@@H](O)[C@H](C)O2)[C@H](C)[C@@H](O[C@@H]2O[C@H](C)C[C@H](N(C)CC#N)[C@H]2O)[C@](C)(O)C[C@@H](C)C(=O)[C@H](C)[C@@H](O)[C@]1(C)O. The number of methoxy groups -OCH3 is 1. The quantitative estimate of drug-likeness (QED) is 0.176. The van der Waals surface area contributed by atoms with Gasteiger partial charge in [0.2, 0.25) is 0 Å². The lowest BCUT2D eigenvalue weighted by Crippen LogP contribution is -2.61. The van der Waals surface area contributed by atoms with E-state index in [0.717, 1.165) is 0 Å².